The predicted octanol–water partition coefficient (Wildman–Crippen LogP) is 6.28. The molecule has 1 aromatic heterocycles. The van der Waals surface area contributed by atoms with Crippen LogP contribution in [0.4, 0.5) is 4.39 Å². The number of likely N-dealkylation sites (N-methyl/N-ethyl adjacent to an activating group) is 1. The van der Waals surface area contributed by atoms with Gasteiger partial charge in [-0.15, -0.1) is 0 Å². The van der Waals surface area contributed by atoms with E-state index < -0.39 is 0 Å². The highest BCUT2D eigenvalue weighted by Gasteiger charge is 2.48. The Labute approximate surface area is 193 Å². The molecule has 5 heteroatoms. The first-order valence-electron chi connectivity index (χ1n) is 11.6. The Balaban J connectivity index is 1.32. The zero-order valence-corrected chi connectivity index (χ0v) is 18.6. The van der Waals surface area contributed by atoms with Crippen LogP contribution in [0.25, 0.3) is 22.5 Å². The lowest BCUT2D eigenvalue weighted by Crippen LogP contribution is -2.44. The fourth-order valence-corrected chi connectivity index (χ4v) is 5.79. The minimum atomic E-state index is -0.203. The van der Waals surface area contributed by atoms with Crippen molar-refractivity contribution in [2.24, 2.45) is 0 Å². The molecular weight excluding hydrogens is 413 g/mol. The maximum Gasteiger partial charge on any atom is 0.232 e. The lowest BCUT2D eigenvalue weighted by Gasteiger charge is -2.41. The van der Waals surface area contributed by atoms with E-state index in [4.69, 9.17) is 9.51 Å². The van der Waals surface area contributed by atoms with Gasteiger partial charge in [0.25, 0.3) is 0 Å². The van der Waals surface area contributed by atoms with E-state index in [-0.39, 0.29) is 17.7 Å². The molecule has 2 aliphatic rings. The van der Waals surface area contributed by atoms with E-state index in [1.807, 2.05) is 42.5 Å². The van der Waals surface area contributed by atoms with Crippen LogP contribution in [0.3, 0.4) is 0 Å². The molecule has 0 radical (unpaired) electrons. The number of piperidine rings is 1. The van der Waals surface area contributed by atoms with E-state index in [0.29, 0.717) is 23.8 Å². The summed E-state index contributed by atoms with van der Waals surface area (Å²) in [5.41, 5.74) is 4.43. The Morgan fingerprint density at radius 3 is 2.30 bits per heavy atom. The largest absolute Gasteiger partial charge is 0.339 e. The third-order valence-electron chi connectivity index (χ3n) is 7.54. The van der Waals surface area contributed by atoms with Gasteiger partial charge in [-0.3, -0.25) is 4.90 Å². The maximum absolute atomic E-state index is 13.6. The summed E-state index contributed by atoms with van der Waals surface area (Å²) in [6.45, 7) is 0. The van der Waals surface area contributed by atoms with Crippen LogP contribution in [0, 0.1) is 5.82 Å². The van der Waals surface area contributed by atoms with Gasteiger partial charge < -0.3 is 4.52 Å². The lowest BCUT2D eigenvalue weighted by atomic mass is 9.76. The second kappa shape index (κ2) is 8.23. The molecule has 2 aliphatic heterocycles. The van der Waals surface area contributed by atoms with Gasteiger partial charge in [0.1, 0.15) is 5.82 Å². The van der Waals surface area contributed by atoms with Crippen molar-refractivity contribution in [1.29, 1.82) is 0 Å². The number of benzene rings is 3. The molecule has 0 saturated carbocycles. The smallest absolute Gasteiger partial charge is 0.232 e. The molecule has 0 unspecified atom stereocenters. The maximum atomic E-state index is 13.6. The van der Waals surface area contributed by atoms with Crippen molar-refractivity contribution in [3.05, 3.63) is 96.1 Å². The van der Waals surface area contributed by atoms with Crippen LogP contribution < -0.4 is 0 Å². The molecule has 166 valence electrons. The molecule has 33 heavy (non-hydrogen) atoms. The van der Waals surface area contributed by atoms with Crippen molar-refractivity contribution in [3.63, 3.8) is 0 Å². The highest BCUT2D eigenvalue weighted by molar-refractivity contribution is 5.67. The van der Waals surface area contributed by atoms with E-state index in [1.54, 1.807) is 12.1 Å². The van der Waals surface area contributed by atoms with Crippen molar-refractivity contribution in [3.8, 4) is 22.5 Å². The lowest BCUT2D eigenvalue weighted by molar-refractivity contribution is 0.120. The molecule has 6 rings (SSSR count). The van der Waals surface area contributed by atoms with E-state index in [2.05, 4.69) is 41.4 Å². The molecule has 0 spiro atoms. The number of halogens is 1. The topological polar surface area (TPSA) is 42.2 Å². The van der Waals surface area contributed by atoms with Crippen LogP contribution in [0.15, 0.2) is 83.4 Å². The zero-order chi connectivity index (χ0) is 22.4. The van der Waals surface area contributed by atoms with Crippen LogP contribution in [-0.4, -0.2) is 34.2 Å². The molecule has 0 N–H and O–H groups in total. The molecule has 4 atom stereocenters. The Hall–Kier alpha value is -3.31. The van der Waals surface area contributed by atoms with Gasteiger partial charge in [-0.1, -0.05) is 71.9 Å². The fraction of sp³-hybridized carbons (Fsp3) is 0.286. The van der Waals surface area contributed by atoms with Crippen molar-refractivity contribution >= 4 is 0 Å². The van der Waals surface area contributed by atoms with Crippen molar-refractivity contribution in [2.75, 3.05) is 7.05 Å². The van der Waals surface area contributed by atoms with Gasteiger partial charge in [0.2, 0.25) is 11.7 Å². The quantitative estimate of drug-likeness (QED) is 0.375. The summed E-state index contributed by atoms with van der Waals surface area (Å²) >= 11 is 0. The number of hydrogen-bond acceptors (Lipinski definition) is 4. The van der Waals surface area contributed by atoms with Gasteiger partial charge in [-0.05, 0) is 61.1 Å². The highest BCUT2D eigenvalue weighted by Crippen LogP contribution is 2.50. The van der Waals surface area contributed by atoms with E-state index >= 15 is 0 Å². The molecule has 2 bridgehead atoms. The summed E-state index contributed by atoms with van der Waals surface area (Å²) in [7, 11) is 2.20. The average molecular weight is 440 g/mol. The summed E-state index contributed by atoms with van der Waals surface area (Å²) in [6.07, 6.45) is 3.32. The first kappa shape index (κ1) is 20.3. The van der Waals surface area contributed by atoms with E-state index in [9.17, 15) is 4.39 Å². The molecule has 0 amide bonds. The summed E-state index contributed by atoms with van der Waals surface area (Å²) in [4.78, 5) is 7.35. The minimum Gasteiger partial charge on any atom is -0.339 e. The molecule has 3 aromatic carbocycles. The number of rotatable bonds is 4. The zero-order valence-electron chi connectivity index (χ0n) is 18.6. The third kappa shape index (κ3) is 3.66. The van der Waals surface area contributed by atoms with Crippen LogP contribution >= 0.6 is 0 Å². The summed E-state index contributed by atoms with van der Waals surface area (Å²) in [5, 5.41) is 4.35. The van der Waals surface area contributed by atoms with Gasteiger partial charge in [-0.2, -0.15) is 4.98 Å². The number of nitrogens with zero attached hydrogens (tertiary/aromatic N) is 3. The van der Waals surface area contributed by atoms with Gasteiger partial charge in [-0.25, -0.2) is 4.39 Å². The first-order chi connectivity index (χ1) is 16.2. The average Bonchev–Trinajstić information content (AvgIpc) is 3.42. The Kier molecular flexibility index (Phi) is 5.07. The molecule has 4 nitrogen and oxygen atoms in total. The van der Waals surface area contributed by atoms with Crippen LogP contribution in [0.5, 0.6) is 0 Å². The molecule has 4 aromatic rings. The van der Waals surface area contributed by atoms with E-state index in [1.165, 1.54) is 12.0 Å². The Bertz CT molecular complexity index is 1240. The number of fused-ring (bicyclic) bond motifs is 2. The molecule has 0 aliphatic carbocycles. The van der Waals surface area contributed by atoms with Gasteiger partial charge in [0.15, 0.2) is 0 Å². The van der Waals surface area contributed by atoms with Crippen LogP contribution in [-0.2, 0) is 0 Å². The molecule has 3 heterocycles. The van der Waals surface area contributed by atoms with Crippen molar-refractivity contribution in [2.45, 2.75) is 43.2 Å². The Morgan fingerprint density at radius 2 is 1.55 bits per heavy atom. The second-order valence-electron chi connectivity index (χ2n) is 9.28. The molecular formula is C28H26FN3O. The standard InChI is InChI=1S/C28H26FN3O/c1-32-23-15-16-25(32)26(24(17-23)20-11-13-22(29)14-12-20)28-30-27(31-33-28)21-9-7-19(8-10-21)18-5-3-2-4-6-18/h2-14,23-26H,15-17H2,1H3/t23-,24+,25+,26-/m1/s1. The fourth-order valence-electron chi connectivity index (χ4n) is 5.79. The van der Waals surface area contributed by atoms with Crippen LogP contribution in [0.2, 0.25) is 0 Å². The van der Waals surface area contributed by atoms with Crippen molar-refractivity contribution in [1.82, 2.24) is 15.0 Å². The van der Waals surface area contributed by atoms with E-state index in [0.717, 1.165) is 29.5 Å². The summed E-state index contributed by atoms with van der Waals surface area (Å²) in [6, 6.07) is 26.4. The van der Waals surface area contributed by atoms with Crippen molar-refractivity contribution < 1.29 is 8.91 Å². The van der Waals surface area contributed by atoms with Gasteiger partial charge >= 0.3 is 0 Å². The van der Waals surface area contributed by atoms with Gasteiger partial charge in [0.05, 0.1) is 5.92 Å². The normalized spacial score (nSPS) is 24.8. The highest BCUT2D eigenvalue weighted by atomic mass is 19.1. The number of aromatic nitrogens is 2. The number of hydrogen-bond donors (Lipinski definition) is 0. The monoisotopic (exact) mass is 439 g/mol. The third-order valence-corrected chi connectivity index (χ3v) is 7.54. The SMILES string of the molecule is CN1[C@@H]2CC[C@H]1[C@H](c1nc(-c3ccc(-c4ccccc4)cc3)no1)[C@H](c1ccc(F)cc1)C2. The molecule has 2 fully saturated rings. The predicted molar refractivity (Wildman–Crippen MR) is 126 cm³/mol. The first-order valence-corrected chi connectivity index (χ1v) is 11.6. The Morgan fingerprint density at radius 1 is 0.848 bits per heavy atom. The molecule has 2 saturated heterocycles. The summed E-state index contributed by atoms with van der Waals surface area (Å²) in [5.74, 6) is 1.44. The van der Waals surface area contributed by atoms with Gasteiger partial charge in [0, 0.05) is 17.6 Å². The summed E-state index contributed by atoms with van der Waals surface area (Å²) < 4.78 is 19.5. The second-order valence-corrected chi connectivity index (χ2v) is 9.28. The van der Waals surface area contributed by atoms with Crippen LogP contribution in [0.1, 0.15) is 42.6 Å². The minimum absolute atomic E-state index is 0.101.